The number of aliphatic imine (C=N–C) groups is 1. The summed E-state index contributed by atoms with van der Waals surface area (Å²) < 4.78 is 0. The van der Waals surface area contributed by atoms with E-state index in [4.69, 9.17) is 15.9 Å². The second kappa shape index (κ2) is 5.32. The van der Waals surface area contributed by atoms with Gasteiger partial charge in [-0.3, -0.25) is 0 Å². The van der Waals surface area contributed by atoms with Gasteiger partial charge in [-0.2, -0.15) is 5.26 Å². The van der Waals surface area contributed by atoms with E-state index in [0.29, 0.717) is 0 Å². The summed E-state index contributed by atoms with van der Waals surface area (Å²) in [4.78, 5) is 4.69. The van der Waals surface area contributed by atoms with Crippen LogP contribution in [0.5, 0.6) is 0 Å². The highest BCUT2D eigenvalue weighted by Crippen LogP contribution is 1.87. The minimum absolute atomic E-state index is 0.00144. The Kier molecular flexibility index (Phi) is 4.60. The third kappa shape index (κ3) is 3.27. The molecular weight excluding hydrogens is 146 g/mol. The maximum Gasteiger partial charge on any atom is 0.253 e. The molecule has 0 atom stereocenters. The molecule has 0 bridgehead atoms. The molecule has 0 fully saturated rings. The van der Waals surface area contributed by atoms with Crippen molar-refractivity contribution in [3.05, 3.63) is 0 Å². The van der Waals surface area contributed by atoms with Crippen LogP contribution in [0.3, 0.4) is 0 Å². The highest BCUT2D eigenvalue weighted by molar-refractivity contribution is 5.81. The molecule has 11 heavy (non-hydrogen) atoms. The maximum atomic E-state index is 8.35. The molecule has 0 saturated heterocycles. The first-order valence-corrected chi connectivity index (χ1v) is 2.92. The van der Waals surface area contributed by atoms with Crippen molar-refractivity contribution in [1.29, 1.82) is 10.8 Å². The SMILES string of the molecule is CN(C#N)C(N=N)=NCCO. The third-order valence-electron chi connectivity index (χ3n) is 0.903. The largest absolute Gasteiger partial charge is 0.394 e. The summed E-state index contributed by atoms with van der Waals surface area (Å²) in [6.45, 7) is 0.0437. The summed E-state index contributed by atoms with van der Waals surface area (Å²) in [5.74, 6) is 0.00144. The fraction of sp³-hybridized carbons (Fsp3) is 0.600. The summed E-state index contributed by atoms with van der Waals surface area (Å²) in [5, 5.41) is 19.7. The van der Waals surface area contributed by atoms with Crippen LogP contribution in [0.4, 0.5) is 0 Å². The van der Waals surface area contributed by atoms with Crippen LogP contribution in [-0.2, 0) is 0 Å². The van der Waals surface area contributed by atoms with Crippen molar-refractivity contribution in [2.45, 2.75) is 0 Å². The van der Waals surface area contributed by atoms with Crippen LogP contribution >= 0.6 is 0 Å². The molecule has 0 aromatic carbocycles. The van der Waals surface area contributed by atoms with Crippen molar-refractivity contribution in [2.24, 2.45) is 10.1 Å². The molecule has 6 heteroatoms. The lowest BCUT2D eigenvalue weighted by Gasteiger charge is -2.04. The molecule has 0 radical (unpaired) electrons. The second-order valence-corrected chi connectivity index (χ2v) is 1.68. The van der Waals surface area contributed by atoms with Crippen LogP contribution in [0, 0.1) is 17.0 Å². The Bertz CT molecular complexity index is 194. The number of hydrogen-bond acceptors (Lipinski definition) is 4. The van der Waals surface area contributed by atoms with E-state index in [9.17, 15) is 0 Å². The van der Waals surface area contributed by atoms with Crippen molar-refractivity contribution in [3.8, 4) is 6.19 Å². The Balaban J connectivity index is 4.17. The van der Waals surface area contributed by atoms with E-state index in [1.165, 1.54) is 7.05 Å². The van der Waals surface area contributed by atoms with Crippen LogP contribution in [0.15, 0.2) is 10.1 Å². The van der Waals surface area contributed by atoms with Gasteiger partial charge in [0.2, 0.25) is 0 Å². The molecule has 0 aliphatic carbocycles. The summed E-state index contributed by atoms with van der Waals surface area (Å²) in [5.41, 5.74) is 6.59. The van der Waals surface area contributed by atoms with Crippen LogP contribution in [0.1, 0.15) is 0 Å². The number of hydrogen-bond donors (Lipinski definition) is 2. The highest BCUT2D eigenvalue weighted by Gasteiger charge is 2.00. The van der Waals surface area contributed by atoms with Gasteiger partial charge in [-0.05, 0) is 0 Å². The summed E-state index contributed by atoms with van der Waals surface area (Å²) in [6.07, 6.45) is 1.73. The molecule has 60 valence electrons. The number of guanidine groups is 1. The molecule has 0 aromatic rings. The lowest BCUT2D eigenvalue weighted by Crippen LogP contribution is -2.19. The average molecular weight is 155 g/mol. The number of nitrogens with one attached hydrogen (secondary N) is 1. The standard InChI is InChI=1S/C5H9N5O/c1-10(4-6)5(9-7)8-2-3-11/h7,11H,2-3H2,1H3. The van der Waals surface area contributed by atoms with E-state index in [1.54, 1.807) is 6.19 Å². The molecule has 0 aliphatic rings. The molecule has 0 saturated carbocycles. The normalized spacial score (nSPS) is 10.5. The van der Waals surface area contributed by atoms with Crippen molar-refractivity contribution < 1.29 is 5.11 Å². The quantitative estimate of drug-likeness (QED) is 0.190. The van der Waals surface area contributed by atoms with Crippen molar-refractivity contribution in [3.63, 3.8) is 0 Å². The minimum Gasteiger partial charge on any atom is -0.394 e. The Morgan fingerprint density at radius 1 is 1.82 bits per heavy atom. The molecule has 0 aliphatic heterocycles. The van der Waals surface area contributed by atoms with E-state index in [1.807, 2.05) is 0 Å². The number of nitrogens with zero attached hydrogens (tertiary/aromatic N) is 4. The topological polar surface area (TPSA) is 95.8 Å². The lowest BCUT2D eigenvalue weighted by molar-refractivity contribution is 0.306. The Hall–Kier alpha value is -1.48. The molecule has 0 rings (SSSR count). The number of rotatable bonds is 2. The number of nitriles is 1. The van der Waals surface area contributed by atoms with Gasteiger partial charge < -0.3 is 5.11 Å². The Morgan fingerprint density at radius 2 is 2.45 bits per heavy atom. The van der Waals surface area contributed by atoms with E-state index in [0.717, 1.165) is 4.90 Å². The summed E-state index contributed by atoms with van der Waals surface area (Å²) >= 11 is 0. The maximum absolute atomic E-state index is 8.35. The number of aliphatic hydroxyl groups excluding tert-OH is 1. The van der Waals surface area contributed by atoms with E-state index in [-0.39, 0.29) is 19.1 Å². The smallest absolute Gasteiger partial charge is 0.253 e. The zero-order chi connectivity index (χ0) is 8.69. The monoisotopic (exact) mass is 155 g/mol. The summed E-state index contributed by atoms with van der Waals surface area (Å²) in [7, 11) is 1.44. The second-order valence-electron chi connectivity index (χ2n) is 1.68. The first-order chi connectivity index (χ1) is 5.26. The van der Waals surface area contributed by atoms with Gasteiger partial charge in [-0.1, -0.05) is 0 Å². The molecule has 0 heterocycles. The van der Waals surface area contributed by atoms with Crippen molar-refractivity contribution in [2.75, 3.05) is 20.2 Å². The number of aliphatic hydroxyl groups is 1. The predicted molar refractivity (Wildman–Crippen MR) is 37.9 cm³/mol. The minimum atomic E-state index is -0.113. The van der Waals surface area contributed by atoms with Gasteiger partial charge in [-0.15, -0.1) is 5.11 Å². The van der Waals surface area contributed by atoms with Crippen LogP contribution in [0.25, 0.3) is 0 Å². The first-order valence-electron chi connectivity index (χ1n) is 2.92. The molecule has 6 nitrogen and oxygen atoms in total. The molecule has 2 N–H and O–H groups in total. The zero-order valence-electron chi connectivity index (χ0n) is 6.15. The fourth-order valence-corrected chi connectivity index (χ4v) is 0.411. The molecule has 0 spiro atoms. The average Bonchev–Trinajstić information content (AvgIpc) is 2.05. The van der Waals surface area contributed by atoms with Gasteiger partial charge in [0.05, 0.1) is 13.2 Å². The lowest BCUT2D eigenvalue weighted by atomic mass is 10.7. The van der Waals surface area contributed by atoms with E-state index < -0.39 is 0 Å². The first kappa shape index (κ1) is 9.52. The molecule has 0 aromatic heterocycles. The van der Waals surface area contributed by atoms with Gasteiger partial charge in [0, 0.05) is 7.05 Å². The van der Waals surface area contributed by atoms with Gasteiger partial charge >= 0.3 is 0 Å². The predicted octanol–water partition coefficient (Wildman–Crippen LogP) is -0.221. The molecule has 0 amide bonds. The third-order valence-corrected chi connectivity index (χ3v) is 0.903. The van der Waals surface area contributed by atoms with Crippen molar-refractivity contribution >= 4 is 5.96 Å². The van der Waals surface area contributed by atoms with Crippen LogP contribution < -0.4 is 0 Å². The van der Waals surface area contributed by atoms with Gasteiger partial charge in [0.1, 0.15) is 0 Å². The van der Waals surface area contributed by atoms with Gasteiger partial charge in [0.15, 0.2) is 6.19 Å². The van der Waals surface area contributed by atoms with Gasteiger partial charge in [0.25, 0.3) is 5.96 Å². The summed E-state index contributed by atoms with van der Waals surface area (Å²) in [6, 6.07) is 0. The highest BCUT2D eigenvalue weighted by atomic mass is 16.3. The zero-order valence-corrected chi connectivity index (χ0v) is 6.15. The fourth-order valence-electron chi connectivity index (χ4n) is 0.411. The molecule has 0 unspecified atom stereocenters. The Morgan fingerprint density at radius 3 is 2.82 bits per heavy atom. The van der Waals surface area contributed by atoms with E-state index in [2.05, 4.69) is 10.1 Å². The Labute approximate surface area is 64.3 Å². The molecular formula is C5H9N5O. The van der Waals surface area contributed by atoms with E-state index >= 15 is 0 Å². The van der Waals surface area contributed by atoms with Crippen LogP contribution in [0.2, 0.25) is 0 Å². The van der Waals surface area contributed by atoms with Crippen molar-refractivity contribution in [1.82, 2.24) is 4.90 Å². The van der Waals surface area contributed by atoms with Gasteiger partial charge in [-0.25, -0.2) is 15.4 Å². The van der Waals surface area contributed by atoms with Crippen LogP contribution in [-0.4, -0.2) is 36.2 Å².